The van der Waals surface area contributed by atoms with Gasteiger partial charge in [-0.25, -0.2) is 26.7 Å². The molecule has 30 heavy (non-hydrogen) atoms. The summed E-state index contributed by atoms with van der Waals surface area (Å²) in [6.45, 7) is 0. The number of hydrogen-bond donors (Lipinski definition) is 0. The number of rotatable bonds is 4. The van der Waals surface area contributed by atoms with Gasteiger partial charge in [0.1, 0.15) is 10.8 Å². The van der Waals surface area contributed by atoms with Crippen LogP contribution >= 0.6 is 11.3 Å². The zero-order valence-electron chi connectivity index (χ0n) is 15.4. The van der Waals surface area contributed by atoms with Gasteiger partial charge in [-0.1, -0.05) is 36.4 Å². The van der Waals surface area contributed by atoms with Crippen LogP contribution < -0.4 is 0 Å². The van der Waals surface area contributed by atoms with Crippen LogP contribution in [0.4, 0.5) is 4.39 Å². The summed E-state index contributed by atoms with van der Waals surface area (Å²) in [6.07, 6.45) is 4.68. The lowest BCUT2D eigenvalue weighted by atomic mass is 10.1. The molecule has 0 N–H and O–H groups in total. The van der Waals surface area contributed by atoms with Crippen LogP contribution in [0.25, 0.3) is 32.7 Å². The van der Waals surface area contributed by atoms with Crippen molar-refractivity contribution in [2.75, 3.05) is 0 Å². The Labute approximate surface area is 176 Å². The maximum Gasteiger partial charge on any atom is 0.269 e. The second-order valence-corrected chi connectivity index (χ2v) is 9.28. The van der Waals surface area contributed by atoms with E-state index >= 15 is 0 Å². The first-order chi connectivity index (χ1) is 14.6. The minimum absolute atomic E-state index is 0.160. The highest BCUT2D eigenvalue weighted by molar-refractivity contribution is 7.90. The molecule has 148 valence electrons. The van der Waals surface area contributed by atoms with Crippen LogP contribution in [0.2, 0.25) is 0 Å². The van der Waals surface area contributed by atoms with Crippen LogP contribution in [-0.2, 0) is 10.0 Å². The van der Waals surface area contributed by atoms with Crippen molar-refractivity contribution in [3.63, 3.8) is 0 Å². The van der Waals surface area contributed by atoms with Gasteiger partial charge in [0.05, 0.1) is 4.90 Å². The summed E-state index contributed by atoms with van der Waals surface area (Å²) in [4.78, 5) is 8.91. The molecule has 0 amide bonds. The fourth-order valence-electron chi connectivity index (χ4n) is 3.34. The molecule has 0 unspecified atom stereocenters. The van der Waals surface area contributed by atoms with E-state index in [2.05, 4.69) is 9.97 Å². The third-order valence-corrected chi connectivity index (χ3v) is 7.23. The molecular weight excluding hydrogens is 421 g/mol. The largest absolute Gasteiger partial charge is 0.269 e. The predicted octanol–water partition coefficient (Wildman–Crippen LogP) is 5.20. The first kappa shape index (κ1) is 18.7. The fourth-order valence-corrected chi connectivity index (χ4v) is 5.35. The zero-order valence-corrected chi connectivity index (χ0v) is 17.1. The van der Waals surface area contributed by atoms with Crippen LogP contribution in [0, 0.1) is 5.82 Å². The van der Waals surface area contributed by atoms with Gasteiger partial charge in [0.25, 0.3) is 10.0 Å². The molecule has 0 aliphatic heterocycles. The lowest BCUT2D eigenvalue weighted by molar-refractivity contribution is 0.589. The fraction of sp³-hybridized carbons (Fsp3) is 0. The van der Waals surface area contributed by atoms with Crippen molar-refractivity contribution in [3.8, 4) is 21.7 Å². The van der Waals surface area contributed by atoms with E-state index in [1.54, 1.807) is 48.7 Å². The van der Waals surface area contributed by atoms with Crippen LogP contribution in [0.15, 0.2) is 89.5 Å². The van der Waals surface area contributed by atoms with E-state index in [0.29, 0.717) is 27.1 Å². The lowest BCUT2D eigenvalue weighted by Gasteiger charge is -2.07. The van der Waals surface area contributed by atoms with Crippen molar-refractivity contribution < 1.29 is 12.8 Å². The highest BCUT2D eigenvalue weighted by Crippen LogP contribution is 2.35. The number of thiazole rings is 1. The smallest absolute Gasteiger partial charge is 0.244 e. The van der Waals surface area contributed by atoms with Gasteiger partial charge in [0, 0.05) is 46.0 Å². The molecular formula is C22H14FN3O2S2. The summed E-state index contributed by atoms with van der Waals surface area (Å²) < 4.78 is 42.1. The highest BCUT2D eigenvalue weighted by Gasteiger charge is 2.24. The van der Waals surface area contributed by atoms with Gasteiger partial charge in [0.15, 0.2) is 5.65 Å². The molecule has 3 heterocycles. The number of benzene rings is 2. The zero-order chi connectivity index (χ0) is 20.7. The molecule has 5 nitrogen and oxygen atoms in total. The Hall–Kier alpha value is -3.36. The molecule has 8 heteroatoms. The number of nitrogens with zero attached hydrogens (tertiary/aromatic N) is 3. The normalized spacial score (nSPS) is 11.8. The maximum atomic E-state index is 14.3. The second kappa shape index (κ2) is 7.16. The Bertz CT molecular complexity index is 1460. The standard InChI is InChI=1S/C22H14FN3O2S2/c23-20-9-5-4-8-17(20)15-12-18-19(22-24-10-11-29-22)14-26(21(18)25-13-15)30(27,28)16-6-2-1-3-7-16/h1-14H. The van der Waals surface area contributed by atoms with E-state index in [0.717, 1.165) is 0 Å². The van der Waals surface area contributed by atoms with Crippen molar-refractivity contribution in [1.29, 1.82) is 0 Å². The van der Waals surface area contributed by atoms with Gasteiger partial charge in [0.2, 0.25) is 0 Å². The Morgan fingerprint density at radius 1 is 0.933 bits per heavy atom. The number of hydrogen-bond acceptors (Lipinski definition) is 5. The van der Waals surface area contributed by atoms with E-state index in [1.807, 2.05) is 5.38 Å². The third-order valence-electron chi connectivity index (χ3n) is 4.76. The van der Waals surface area contributed by atoms with Crippen LogP contribution in [0.5, 0.6) is 0 Å². The summed E-state index contributed by atoms with van der Waals surface area (Å²) in [7, 11) is -3.86. The summed E-state index contributed by atoms with van der Waals surface area (Å²) >= 11 is 1.39. The van der Waals surface area contributed by atoms with Gasteiger partial charge in [-0.2, -0.15) is 0 Å². The maximum absolute atomic E-state index is 14.3. The topological polar surface area (TPSA) is 64.8 Å². The molecule has 0 fully saturated rings. The first-order valence-corrected chi connectivity index (χ1v) is 11.3. The summed E-state index contributed by atoms with van der Waals surface area (Å²) in [5, 5.41) is 3.07. The average molecular weight is 436 g/mol. The van der Waals surface area contributed by atoms with E-state index < -0.39 is 10.0 Å². The minimum atomic E-state index is -3.86. The van der Waals surface area contributed by atoms with Crippen molar-refractivity contribution in [1.82, 2.24) is 13.9 Å². The molecule has 3 aromatic heterocycles. The van der Waals surface area contributed by atoms with Crippen molar-refractivity contribution in [3.05, 3.63) is 90.5 Å². The number of fused-ring (bicyclic) bond motifs is 1. The molecule has 2 aromatic carbocycles. The molecule has 0 aliphatic carbocycles. The van der Waals surface area contributed by atoms with Crippen molar-refractivity contribution in [2.24, 2.45) is 0 Å². The van der Waals surface area contributed by atoms with Gasteiger partial charge < -0.3 is 0 Å². The quantitative estimate of drug-likeness (QED) is 0.389. The highest BCUT2D eigenvalue weighted by atomic mass is 32.2. The van der Waals surface area contributed by atoms with E-state index in [9.17, 15) is 12.8 Å². The Balaban J connectivity index is 1.79. The molecule has 0 radical (unpaired) electrons. The molecule has 0 bridgehead atoms. The average Bonchev–Trinajstić information content (AvgIpc) is 3.42. The van der Waals surface area contributed by atoms with Gasteiger partial charge in [-0.05, 0) is 24.3 Å². The SMILES string of the molecule is O=S(=O)(c1ccccc1)n1cc(-c2nccs2)c2cc(-c3ccccc3F)cnc21. The number of pyridine rings is 1. The molecule has 0 aliphatic rings. The summed E-state index contributed by atoms with van der Waals surface area (Å²) in [6, 6.07) is 16.3. The summed E-state index contributed by atoms with van der Waals surface area (Å²) in [5.41, 5.74) is 1.86. The van der Waals surface area contributed by atoms with Gasteiger partial charge in [-0.15, -0.1) is 11.3 Å². The molecule has 5 aromatic rings. The van der Waals surface area contributed by atoms with Crippen LogP contribution in [0.3, 0.4) is 0 Å². The Kier molecular flexibility index (Phi) is 4.45. The lowest BCUT2D eigenvalue weighted by Crippen LogP contribution is -2.12. The van der Waals surface area contributed by atoms with E-state index in [4.69, 9.17) is 0 Å². The van der Waals surface area contributed by atoms with Crippen LogP contribution in [0.1, 0.15) is 0 Å². The number of halogens is 1. The molecule has 0 saturated heterocycles. The van der Waals surface area contributed by atoms with Gasteiger partial charge >= 0.3 is 0 Å². The summed E-state index contributed by atoms with van der Waals surface area (Å²) in [5.74, 6) is -0.370. The first-order valence-electron chi connectivity index (χ1n) is 9.02. The molecule has 0 atom stereocenters. The Morgan fingerprint density at radius 2 is 1.70 bits per heavy atom. The number of aromatic nitrogens is 3. The van der Waals surface area contributed by atoms with Crippen LogP contribution in [-0.4, -0.2) is 22.4 Å². The third kappa shape index (κ3) is 3.01. The van der Waals surface area contributed by atoms with Gasteiger partial charge in [-0.3, -0.25) is 0 Å². The molecule has 0 saturated carbocycles. The second-order valence-electron chi connectivity index (χ2n) is 6.57. The van der Waals surface area contributed by atoms with Crippen molar-refractivity contribution in [2.45, 2.75) is 4.90 Å². The molecule has 0 spiro atoms. The minimum Gasteiger partial charge on any atom is -0.244 e. The van der Waals surface area contributed by atoms with Crippen molar-refractivity contribution >= 4 is 32.4 Å². The Morgan fingerprint density at radius 3 is 2.43 bits per heavy atom. The predicted molar refractivity (Wildman–Crippen MR) is 115 cm³/mol. The monoisotopic (exact) mass is 435 g/mol. The van der Waals surface area contributed by atoms with E-state index in [1.165, 1.54) is 45.9 Å². The van der Waals surface area contributed by atoms with E-state index in [-0.39, 0.29) is 16.4 Å². The molecule has 5 rings (SSSR count).